The zero-order valence-corrected chi connectivity index (χ0v) is 9.36. The van der Waals surface area contributed by atoms with Gasteiger partial charge in [0.2, 0.25) is 5.91 Å². The molecule has 0 radical (unpaired) electrons. The number of hydrogen-bond donors (Lipinski definition) is 1. The number of aliphatic hydroxyl groups is 1. The molecule has 1 amide bonds. The number of amides is 1. The van der Waals surface area contributed by atoms with Gasteiger partial charge >= 0.3 is 0 Å². The van der Waals surface area contributed by atoms with E-state index in [0.29, 0.717) is 0 Å². The van der Waals surface area contributed by atoms with Gasteiger partial charge in [0.05, 0.1) is 12.1 Å². The second-order valence-corrected chi connectivity index (χ2v) is 4.29. The number of piperidine rings is 1. The van der Waals surface area contributed by atoms with Crippen molar-refractivity contribution in [3.63, 3.8) is 0 Å². The van der Waals surface area contributed by atoms with Crippen LogP contribution in [0.4, 0.5) is 0 Å². The molecule has 1 unspecified atom stereocenters. The zero-order chi connectivity index (χ0) is 10.7. The van der Waals surface area contributed by atoms with Crippen LogP contribution < -0.4 is 0 Å². The van der Waals surface area contributed by atoms with E-state index in [0.717, 1.165) is 25.8 Å². The number of carbonyl (C=O) groups is 1. The number of likely N-dealkylation sites (tertiary alicyclic amines) is 1. The van der Waals surface area contributed by atoms with E-state index >= 15 is 0 Å². The summed E-state index contributed by atoms with van der Waals surface area (Å²) in [4.78, 5) is 13.7. The number of aliphatic hydroxyl groups excluding tert-OH is 1. The summed E-state index contributed by atoms with van der Waals surface area (Å²) in [5.41, 5.74) is 0. The van der Waals surface area contributed by atoms with E-state index in [1.807, 2.05) is 18.7 Å². The second-order valence-electron chi connectivity index (χ2n) is 4.29. The van der Waals surface area contributed by atoms with Gasteiger partial charge in [-0.25, -0.2) is 0 Å². The SMILES string of the molecule is CC[C@@H]([C@H](C)O)N1CCCC(C)C1=O. The molecule has 1 saturated heterocycles. The quantitative estimate of drug-likeness (QED) is 0.746. The summed E-state index contributed by atoms with van der Waals surface area (Å²) < 4.78 is 0. The molecule has 0 saturated carbocycles. The van der Waals surface area contributed by atoms with Crippen LogP contribution in [0.5, 0.6) is 0 Å². The van der Waals surface area contributed by atoms with Crippen LogP contribution in [-0.2, 0) is 4.79 Å². The first-order valence-electron chi connectivity index (χ1n) is 5.56. The fraction of sp³-hybridized carbons (Fsp3) is 0.909. The number of nitrogens with zero attached hydrogens (tertiary/aromatic N) is 1. The highest BCUT2D eigenvalue weighted by Crippen LogP contribution is 2.22. The zero-order valence-electron chi connectivity index (χ0n) is 9.36. The van der Waals surface area contributed by atoms with Crippen LogP contribution in [0.15, 0.2) is 0 Å². The van der Waals surface area contributed by atoms with Gasteiger partial charge in [-0.2, -0.15) is 0 Å². The van der Waals surface area contributed by atoms with Crippen molar-refractivity contribution in [2.75, 3.05) is 6.54 Å². The van der Waals surface area contributed by atoms with Gasteiger partial charge in [0.15, 0.2) is 0 Å². The maximum atomic E-state index is 11.8. The fourth-order valence-electron chi connectivity index (χ4n) is 2.24. The topological polar surface area (TPSA) is 40.5 Å². The lowest BCUT2D eigenvalue weighted by Crippen LogP contribution is -2.50. The molecule has 1 aliphatic rings. The van der Waals surface area contributed by atoms with Crippen molar-refractivity contribution in [3.8, 4) is 0 Å². The number of carbonyl (C=O) groups excluding carboxylic acids is 1. The lowest BCUT2D eigenvalue weighted by atomic mass is 9.95. The summed E-state index contributed by atoms with van der Waals surface area (Å²) in [5, 5.41) is 9.57. The maximum absolute atomic E-state index is 11.8. The van der Waals surface area contributed by atoms with Crippen molar-refractivity contribution in [1.82, 2.24) is 4.90 Å². The number of rotatable bonds is 3. The Morgan fingerprint density at radius 3 is 2.79 bits per heavy atom. The minimum absolute atomic E-state index is 0.00486. The van der Waals surface area contributed by atoms with Gasteiger partial charge in [0.1, 0.15) is 0 Å². The smallest absolute Gasteiger partial charge is 0.225 e. The molecule has 0 aliphatic carbocycles. The third-order valence-electron chi connectivity index (χ3n) is 3.12. The highest BCUT2D eigenvalue weighted by atomic mass is 16.3. The summed E-state index contributed by atoms with van der Waals surface area (Å²) in [6.07, 6.45) is 2.46. The lowest BCUT2D eigenvalue weighted by molar-refractivity contribution is -0.143. The van der Waals surface area contributed by atoms with E-state index in [9.17, 15) is 9.90 Å². The molecule has 1 rings (SSSR count). The van der Waals surface area contributed by atoms with Crippen LogP contribution in [0.3, 0.4) is 0 Å². The van der Waals surface area contributed by atoms with Gasteiger partial charge < -0.3 is 10.0 Å². The maximum Gasteiger partial charge on any atom is 0.225 e. The molecule has 1 N–H and O–H groups in total. The third kappa shape index (κ3) is 2.27. The Kier molecular flexibility index (Phi) is 3.93. The van der Waals surface area contributed by atoms with Crippen molar-refractivity contribution in [2.45, 2.75) is 52.2 Å². The molecule has 0 bridgehead atoms. The Morgan fingerprint density at radius 2 is 2.29 bits per heavy atom. The van der Waals surface area contributed by atoms with Crippen molar-refractivity contribution in [2.24, 2.45) is 5.92 Å². The van der Waals surface area contributed by atoms with E-state index in [2.05, 4.69) is 0 Å². The molecular formula is C11H21NO2. The van der Waals surface area contributed by atoms with Gasteiger partial charge in [0.25, 0.3) is 0 Å². The molecule has 0 spiro atoms. The molecule has 1 aliphatic heterocycles. The first kappa shape index (κ1) is 11.5. The minimum Gasteiger partial charge on any atom is -0.391 e. The fourth-order valence-corrected chi connectivity index (χ4v) is 2.24. The van der Waals surface area contributed by atoms with Gasteiger partial charge in [-0.1, -0.05) is 13.8 Å². The predicted molar refractivity (Wildman–Crippen MR) is 55.9 cm³/mol. The first-order valence-corrected chi connectivity index (χ1v) is 5.56. The number of hydrogen-bond acceptors (Lipinski definition) is 2. The van der Waals surface area contributed by atoms with Gasteiger partial charge in [-0.15, -0.1) is 0 Å². The molecule has 3 atom stereocenters. The average molecular weight is 199 g/mol. The Labute approximate surface area is 86.1 Å². The molecule has 3 nitrogen and oxygen atoms in total. The van der Waals surface area contributed by atoms with Gasteiger partial charge in [-0.05, 0) is 26.2 Å². The second kappa shape index (κ2) is 4.78. The first-order chi connectivity index (χ1) is 6.57. The molecule has 3 heteroatoms. The van der Waals surface area contributed by atoms with Crippen LogP contribution in [0.25, 0.3) is 0 Å². The Morgan fingerprint density at radius 1 is 1.64 bits per heavy atom. The third-order valence-corrected chi connectivity index (χ3v) is 3.12. The molecule has 0 aromatic heterocycles. The largest absolute Gasteiger partial charge is 0.391 e. The monoisotopic (exact) mass is 199 g/mol. The molecule has 0 aromatic carbocycles. The van der Waals surface area contributed by atoms with E-state index in [1.165, 1.54) is 0 Å². The normalized spacial score (nSPS) is 27.6. The van der Waals surface area contributed by atoms with Crippen LogP contribution in [0.2, 0.25) is 0 Å². The van der Waals surface area contributed by atoms with Gasteiger partial charge in [-0.3, -0.25) is 4.79 Å². The van der Waals surface area contributed by atoms with Crippen LogP contribution in [0.1, 0.15) is 40.0 Å². The molecule has 82 valence electrons. The molecule has 1 heterocycles. The van der Waals surface area contributed by atoms with E-state index in [-0.39, 0.29) is 17.9 Å². The van der Waals surface area contributed by atoms with Gasteiger partial charge in [0, 0.05) is 12.5 Å². The molecule has 1 fully saturated rings. The van der Waals surface area contributed by atoms with Crippen molar-refractivity contribution >= 4 is 5.91 Å². The standard InChI is InChI=1S/C11H21NO2/c1-4-10(9(3)13)12-7-5-6-8(2)11(12)14/h8-10,13H,4-7H2,1-3H3/t8?,9-,10-/m0/s1. The van der Waals surface area contributed by atoms with Crippen LogP contribution >= 0.6 is 0 Å². The van der Waals surface area contributed by atoms with E-state index < -0.39 is 6.10 Å². The summed E-state index contributed by atoms with van der Waals surface area (Å²) in [5.74, 6) is 0.348. The lowest BCUT2D eigenvalue weighted by Gasteiger charge is -2.38. The highest BCUT2D eigenvalue weighted by molar-refractivity contribution is 5.79. The molecule has 14 heavy (non-hydrogen) atoms. The summed E-state index contributed by atoms with van der Waals surface area (Å²) in [6.45, 7) is 6.57. The van der Waals surface area contributed by atoms with Crippen molar-refractivity contribution in [3.05, 3.63) is 0 Å². The molecule has 0 aromatic rings. The summed E-state index contributed by atoms with van der Waals surface area (Å²) in [7, 11) is 0. The van der Waals surface area contributed by atoms with E-state index in [4.69, 9.17) is 0 Å². The minimum atomic E-state index is -0.422. The summed E-state index contributed by atoms with van der Waals surface area (Å²) >= 11 is 0. The molecular weight excluding hydrogens is 178 g/mol. The van der Waals surface area contributed by atoms with Crippen molar-refractivity contribution in [1.29, 1.82) is 0 Å². The Bertz CT molecular complexity index is 203. The van der Waals surface area contributed by atoms with Crippen LogP contribution in [-0.4, -0.2) is 34.6 Å². The Hall–Kier alpha value is -0.570. The average Bonchev–Trinajstić information content (AvgIpc) is 2.13. The highest BCUT2D eigenvalue weighted by Gasteiger charge is 2.31. The Balaban J connectivity index is 2.69. The van der Waals surface area contributed by atoms with E-state index in [1.54, 1.807) is 6.92 Å². The summed E-state index contributed by atoms with van der Waals surface area (Å²) in [6, 6.07) is 0.00486. The van der Waals surface area contributed by atoms with Crippen molar-refractivity contribution < 1.29 is 9.90 Å². The van der Waals surface area contributed by atoms with Crippen LogP contribution in [0, 0.1) is 5.92 Å². The predicted octanol–water partition coefficient (Wildman–Crippen LogP) is 1.40.